The van der Waals surface area contributed by atoms with Gasteiger partial charge in [-0.15, -0.1) is 0 Å². The Kier molecular flexibility index (Phi) is 3.03. The lowest BCUT2D eigenvalue weighted by molar-refractivity contribution is -0.145. The number of amides is 1. The van der Waals surface area contributed by atoms with Crippen molar-refractivity contribution >= 4 is 12.1 Å². The SMILES string of the molecule is CC(=O)OCC12CC(C1)N(C(=O)OC(C)(C)C)C2. The zero-order valence-electron chi connectivity index (χ0n) is 11.5. The van der Waals surface area contributed by atoms with Crippen molar-refractivity contribution in [2.45, 2.75) is 52.2 Å². The van der Waals surface area contributed by atoms with Gasteiger partial charge < -0.3 is 14.4 Å². The minimum Gasteiger partial charge on any atom is -0.465 e. The van der Waals surface area contributed by atoms with Crippen LogP contribution in [0.3, 0.4) is 0 Å². The van der Waals surface area contributed by atoms with Crippen LogP contribution in [0.15, 0.2) is 0 Å². The van der Waals surface area contributed by atoms with E-state index in [-0.39, 0.29) is 23.5 Å². The number of carbonyl (C=O) groups is 2. The normalized spacial score (nSPS) is 29.8. The van der Waals surface area contributed by atoms with Gasteiger partial charge in [0.25, 0.3) is 0 Å². The zero-order valence-corrected chi connectivity index (χ0v) is 11.5. The van der Waals surface area contributed by atoms with E-state index in [0.29, 0.717) is 13.2 Å². The summed E-state index contributed by atoms with van der Waals surface area (Å²) in [5.74, 6) is -0.261. The van der Waals surface area contributed by atoms with Crippen molar-refractivity contribution in [3.63, 3.8) is 0 Å². The van der Waals surface area contributed by atoms with Crippen molar-refractivity contribution in [3.8, 4) is 0 Å². The number of fused-ring (bicyclic) bond motifs is 1. The monoisotopic (exact) mass is 255 g/mol. The van der Waals surface area contributed by atoms with Crippen LogP contribution in [0, 0.1) is 5.41 Å². The number of rotatable bonds is 2. The second-order valence-corrected chi connectivity index (χ2v) is 6.45. The third-order valence-electron chi connectivity index (χ3n) is 3.49. The van der Waals surface area contributed by atoms with Gasteiger partial charge in [-0.25, -0.2) is 4.79 Å². The van der Waals surface area contributed by atoms with E-state index in [0.717, 1.165) is 12.8 Å². The largest absolute Gasteiger partial charge is 0.465 e. The fourth-order valence-electron chi connectivity index (χ4n) is 2.73. The fourth-order valence-corrected chi connectivity index (χ4v) is 2.73. The maximum atomic E-state index is 12.0. The highest BCUT2D eigenvalue weighted by Crippen LogP contribution is 2.52. The number of carbonyl (C=O) groups excluding carboxylic acids is 2. The zero-order chi connectivity index (χ0) is 13.6. The van der Waals surface area contributed by atoms with Gasteiger partial charge in [-0.05, 0) is 33.6 Å². The first-order valence-electron chi connectivity index (χ1n) is 6.34. The molecule has 0 unspecified atom stereocenters. The summed E-state index contributed by atoms with van der Waals surface area (Å²) < 4.78 is 10.4. The molecule has 3 rings (SSSR count). The first-order valence-corrected chi connectivity index (χ1v) is 6.34. The third kappa shape index (κ3) is 2.60. The van der Waals surface area contributed by atoms with Crippen LogP contribution in [0.5, 0.6) is 0 Å². The third-order valence-corrected chi connectivity index (χ3v) is 3.49. The molecule has 3 aliphatic rings. The summed E-state index contributed by atoms with van der Waals surface area (Å²) >= 11 is 0. The summed E-state index contributed by atoms with van der Waals surface area (Å²) in [7, 11) is 0. The summed E-state index contributed by atoms with van der Waals surface area (Å²) in [5.41, 5.74) is -0.486. The Bertz CT molecular complexity index is 366. The molecule has 18 heavy (non-hydrogen) atoms. The van der Waals surface area contributed by atoms with Crippen molar-refractivity contribution in [1.29, 1.82) is 0 Å². The second kappa shape index (κ2) is 4.14. The van der Waals surface area contributed by atoms with Gasteiger partial charge in [0.15, 0.2) is 0 Å². The van der Waals surface area contributed by atoms with E-state index in [1.54, 1.807) is 4.90 Å². The van der Waals surface area contributed by atoms with Crippen LogP contribution in [0.4, 0.5) is 4.79 Å². The summed E-state index contributed by atoms with van der Waals surface area (Å²) in [4.78, 5) is 24.6. The Morgan fingerprint density at radius 3 is 2.44 bits per heavy atom. The van der Waals surface area contributed by atoms with E-state index in [1.165, 1.54) is 6.92 Å². The van der Waals surface area contributed by atoms with Gasteiger partial charge in [-0.1, -0.05) is 0 Å². The van der Waals surface area contributed by atoms with Crippen molar-refractivity contribution in [2.24, 2.45) is 5.41 Å². The van der Waals surface area contributed by atoms with Crippen molar-refractivity contribution in [3.05, 3.63) is 0 Å². The lowest BCUT2D eigenvalue weighted by atomic mass is 9.71. The van der Waals surface area contributed by atoms with Gasteiger partial charge in [0.1, 0.15) is 5.60 Å². The van der Waals surface area contributed by atoms with Crippen LogP contribution in [0.1, 0.15) is 40.5 Å². The van der Waals surface area contributed by atoms with Gasteiger partial charge in [-0.3, -0.25) is 4.79 Å². The molecule has 5 nitrogen and oxygen atoms in total. The second-order valence-electron chi connectivity index (χ2n) is 6.45. The number of esters is 1. The van der Waals surface area contributed by atoms with Crippen LogP contribution in [0.25, 0.3) is 0 Å². The molecule has 0 radical (unpaired) electrons. The summed E-state index contributed by atoms with van der Waals surface area (Å²) in [6.07, 6.45) is 1.58. The Labute approximate surface area is 107 Å². The van der Waals surface area contributed by atoms with Crippen LogP contribution >= 0.6 is 0 Å². The van der Waals surface area contributed by atoms with Crippen molar-refractivity contribution in [2.75, 3.05) is 13.2 Å². The average molecular weight is 255 g/mol. The Morgan fingerprint density at radius 2 is 1.94 bits per heavy atom. The molecular weight excluding hydrogens is 234 g/mol. The van der Waals surface area contributed by atoms with Gasteiger partial charge in [0.05, 0.1) is 6.61 Å². The highest BCUT2D eigenvalue weighted by Gasteiger charge is 2.58. The highest BCUT2D eigenvalue weighted by molar-refractivity contribution is 5.70. The van der Waals surface area contributed by atoms with E-state index < -0.39 is 5.60 Å². The number of nitrogens with zero attached hydrogens (tertiary/aromatic N) is 1. The summed E-state index contributed by atoms with van der Waals surface area (Å²) in [6.45, 7) is 8.05. The lowest BCUT2D eigenvalue weighted by Gasteiger charge is -2.36. The van der Waals surface area contributed by atoms with Crippen molar-refractivity contribution < 1.29 is 19.1 Å². The molecule has 1 amide bonds. The molecule has 2 bridgehead atoms. The lowest BCUT2D eigenvalue weighted by Crippen LogP contribution is -2.40. The van der Waals surface area contributed by atoms with Crippen LogP contribution < -0.4 is 0 Å². The predicted octanol–water partition coefficient (Wildman–Crippen LogP) is 1.95. The first kappa shape index (κ1) is 13.2. The Balaban J connectivity index is 1.89. The molecule has 0 spiro atoms. The van der Waals surface area contributed by atoms with Gasteiger partial charge >= 0.3 is 12.1 Å². The van der Waals surface area contributed by atoms with Gasteiger partial charge in [0.2, 0.25) is 0 Å². The molecule has 0 aromatic carbocycles. The number of hydrogen-bond donors (Lipinski definition) is 0. The van der Waals surface area contributed by atoms with Gasteiger partial charge in [-0.2, -0.15) is 0 Å². The maximum Gasteiger partial charge on any atom is 0.410 e. The van der Waals surface area contributed by atoms with Crippen molar-refractivity contribution in [1.82, 2.24) is 4.90 Å². The maximum absolute atomic E-state index is 12.0. The standard InChI is InChI=1S/C13H21NO4/c1-9(15)17-8-13-5-10(6-13)14(7-13)11(16)18-12(2,3)4/h10H,5-8H2,1-4H3. The quantitative estimate of drug-likeness (QED) is 0.708. The smallest absolute Gasteiger partial charge is 0.410 e. The minimum atomic E-state index is -0.465. The van der Waals surface area contributed by atoms with Crippen LogP contribution in [-0.4, -0.2) is 41.8 Å². The van der Waals surface area contributed by atoms with Crippen LogP contribution in [0.2, 0.25) is 0 Å². The topological polar surface area (TPSA) is 55.8 Å². The Morgan fingerprint density at radius 1 is 1.33 bits per heavy atom. The Hall–Kier alpha value is -1.26. The van der Waals surface area contributed by atoms with E-state index in [2.05, 4.69) is 0 Å². The number of ether oxygens (including phenoxy) is 2. The minimum absolute atomic E-state index is 0.0206. The molecule has 0 N–H and O–H groups in total. The van der Waals surface area contributed by atoms with Crippen LogP contribution in [-0.2, 0) is 14.3 Å². The molecule has 2 aliphatic heterocycles. The molecule has 2 heterocycles. The molecular formula is C13H21NO4. The number of hydrogen-bond acceptors (Lipinski definition) is 4. The molecule has 1 aliphatic carbocycles. The molecule has 0 aromatic heterocycles. The molecule has 2 saturated heterocycles. The van der Waals surface area contributed by atoms with E-state index in [4.69, 9.17) is 9.47 Å². The van der Waals surface area contributed by atoms with E-state index >= 15 is 0 Å². The van der Waals surface area contributed by atoms with Gasteiger partial charge in [0, 0.05) is 24.9 Å². The first-order chi connectivity index (χ1) is 8.21. The molecule has 1 saturated carbocycles. The van der Waals surface area contributed by atoms with E-state index in [9.17, 15) is 9.59 Å². The molecule has 3 fully saturated rings. The molecule has 5 heteroatoms. The highest BCUT2D eigenvalue weighted by atomic mass is 16.6. The van der Waals surface area contributed by atoms with E-state index in [1.807, 2.05) is 20.8 Å². The predicted molar refractivity (Wildman–Crippen MR) is 65.0 cm³/mol. The summed E-state index contributed by atoms with van der Waals surface area (Å²) in [5, 5.41) is 0. The summed E-state index contributed by atoms with van der Waals surface area (Å²) in [6, 6.07) is 0.260. The molecule has 0 atom stereocenters. The molecule has 102 valence electrons. The molecule has 0 aromatic rings. The fraction of sp³-hybridized carbons (Fsp3) is 0.846. The average Bonchev–Trinajstić information content (AvgIpc) is 2.65.